The third-order valence-electron chi connectivity index (χ3n) is 7.35. The second-order valence-corrected chi connectivity index (χ2v) is 13.1. The van der Waals surface area contributed by atoms with Gasteiger partial charge in [-0.25, -0.2) is 4.79 Å². The molecule has 2 amide bonds. The zero-order valence-electron chi connectivity index (χ0n) is 26.1. The maximum Gasteiger partial charge on any atom is 0.407 e. The molecule has 0 saturated carbocycles. The summed E-state index contributed by atoms with van der Waals surface area (Å²) in [5, 5.41) is 5.67. The van der Waals surface area contributed by atoms with Crippen LogP contribution in [-0.4, -0.2) is 110 Å². The van der Waals surface area contributed by atoms with Crippen LogP contribution in [0.1, 0.15) is 68.2 Å². The maximum absolute atomic E-state index is 13.6. The number of rotatable bonds is 10. The van der Waals surface area contributed by atoms with Crippen LogP contribution in [0.5, 0.6) is 0 Å². The average molecular weight is 603 g/mol. The third-order valence-corrected chi connectivity index (χ3v) is 7.35. The van der Waals surface area contributed by atoms with Crippen LogP contribution in [0.3, 0.4) is 0 Å². The fourth-order valence-corrected chi connectivity index (χ4v) is 5.93. The van der Waals surface area contributed by atoms with Crippen molar-refractivity contribution in [3.05, 3.63) is 0 Å². The minimum absolute atomic E-state index is 0.0230. The fourth-order valence-electron chi connectivity index (χ4n) is 5.93. The predicted octanol–water partition coefficient (Wildman–Crippen LogP) is 1.52. The van der Waals surface area contributed by atoms with Crippen LogP contribution in [0.4, 0.5) is 4.79 Å². The number of alkyl carbamates (subject to hydrolysis) is 1. The highest BCUT2D eigenvalue weighted by molar-refractivity contribution is 5.80. The van der Waals surface area contributed by atoms with E-state index < -0.39 is 90.5 Å². The molecular formula is C28H46N2O12. The van der Waals surface area contributed by atoms with Crippen LogP contribution < -0.4 is 10.6 Å². The third kappa shape index (κ3) is 7.59. The van der Waals surface area contributed by atoms with Crippen molar-refractivity contribution >= 4 is 17.8 Å². The van der Waals surface area contributed by atoms with E-state index in [9.17, 15) is 14.4 Å². The molecule has 0 spiro atoms. The molecule has 42 heavy (non-hydrogen) atoms. The number of hydrogen-bond donors (Lipinski definition) is 2. The van der Waals surface area contributed by atoms with E-state index in [0.717, 1.165) is 0 Å². The smallest absolute Gasteiger partial charge is 0.407 e. The van der Waals surface area contributed by atoms with Crippen molar-refractivity contribution < 1.29 is 57.0 Å². The quantitative estimate of drug-likeness (QED) is 0.372. The number of amides is 2. The molecule has 0 radical (unpaired) electrons. The standard InChI is InChI=1S/C28H46N2O12/c1-13(31)11-14(17-19(34-9)21-23(36-17)40-27(5,6)38-21)29-16(32)12-15(30-25(33)42-26(2,3)4)18-20(35-10)22-24(37-18)41-28(7,8)39-22/h14-15,17-24H,11-12H2,1-10H3,(H,29,32)(H,30,33)/t14?,15?,17-,18-,19+,20+,21-,22-,23-,24-/m1/s1. The Bertz CT molecular complexity index is 1010. The van der Waals surface area contributed by atoms with Crippen molar-refractivity contribution in [2.24, 2.45) is 0 Å². The van der Waals surface area contributed by atoms with Crippen LogP contribution in [-0.2, 0) is 52.2 Å². The van der Waals surface area contributed by atoms with Crippen molar-refractivity contribution in [3.63, 3.8) is 0 Å². The van der Waals surface area contributed by atoms with Crippen LogP contribution in [0, 0.1) is 0 Å². The lowest BCUT2D eigenvalue weighted by Gasteiger charge is -2.33. The second-order valence-electron chi connectivity index (χ2n) is 13.1. The first-order valence-corrected chi connectivity index (χ1v) is 14.3. The molecule has 2 unspecified atom stereocenters. The molecule has 0 bridgehead atoms. The molecule has 10 atom stereocenters. The van der Waals surface area contributed by atoms with Gasteiger partial charge in [0.25, 0.3) is 0 Å². The zero-order chi connectivity index (χ0) is 31.2. The van der Waals surface area contributed by atoms with Gasteiger partial charge in [-0.3, -0.25) is 9.59 Å². The Balaban J connectivity index is 1.51. The van der Waals surface area contributed by atoms with Gasteiger partial charge < -0.3 is 53.3 Å². The molecule has 14 heteroatoms. The Morgan fingerprint density at radius 1 is 0.762 bits per heavy atom. The number of ether oxygens (including phenoxy) is 9. The predicted molar refractivity (Wildman–Crippen MR) is 144 cm³/mol. The molecule has 0 aromatic rings. The molecule has 4 saturated heterocycles. The Hall–Kier alpha value is -1.91. The monoisotopic (exact) mass is 602 g/mol. The van der Waals surface area contributed by atoms with E-state index in [4.69, 9.17) is 42.6 Å². The van der Waals surface area contributed by atoms with Crippen molar-refractivity contribution in [1.29, 1.82) is 0 Å². The van der Waals surface area contributed by atoms with Gasteiger partial charge in [-0.15, -0.1) is 0 Å². The molecule has 4 aliphatic heterocycles. The maximum atomic E-state index is 13.6. The highest BCUT2D eigenvalue weighted by atomic mass is 16.9. The van der Waals surface area contributed by atoms with E-state index in [0.29, 0.717) is 0 Å². The molecule has 4 rings (SSSR count). The lowest BCUT2D eigenvalue weighted by molar-refractivity contribution is -0.220. The molecule has 14 nitrogen and oxygen atoms in total. The number of methoxy groups -OCH3 is 2. The van der Waals surface area contributed by atoms with Gasteiger partial charge in [-0.1, -0.05) is 0 Å². The molecule has 240 valence electrons. The van der Waals surface area contributed by atoms with Gasteiger partial charge in [0.1, 0.15) is 48.0 Å². The number of Topliss-reactive ketones (excluding diaryl/α,β-unsaturated/α-hetero) is 1. The molecule has 4 heterocycles. The van der Waals surface area contributed by atoms with Crippen molar-refractivity contribution in [2.75, 3.05) is 14.2 Å². The summed E-state index contributed by atoms with van der Waals surface area (Å²) in [5.41, 5.74) is -0.779. The first-order valence-electron chi connectivity index (χ1n) is 14.3. The van der Waals surface area contributed by atoms with Crippen LogP contribution in [0.2, 0.25) is 0 Å². The van der Waals surface area contributed by atoms with Gasteiger partial charge in [-0.05, 0) is 55.4 Å². The van der Waals surface area contributed by atoms with Crippen LogP contribution >= 0.6 is 0 Å². The van der Waals surface area contributed by atoms with Crippen molar-refractivity contribution in [2.45, 2.75) is 147 Å². The van der Waals surface area contributed by atoms with Gasteiger partial charge in [0.2, 0.25) is 5.91 Å². The SMILES string of the molecule is CO[C@@H]1[C@H]2OC(C)(C)O[C@H]2O[C@@H]1C(CC(C)=O)NC(=O)CC(NC(=O)OC(C)(C)C)[C@H]1O[C@@H]2OC(C)(C)O[C@@H]2[C@H]1OC. The van der Waals surface area contributed by atoms with Gasteiger partial charge in [0.15, 0.2) is 24.2 Å². The van der Waals surface area contributed by atoms with Crippen molar-refractivity contribution in [1.82, 2.24) is 10.6 Å². The molecule has 0 aliphatic carbocycles. The first kappa shape index (κ1) is 33.0. The summed E-state index contributed by atoms with van der Waals surface area (Å²) in [4.78, 5) is 38.7. The first-order chi connectivity index (χ1) is 19.4. The van der Waals surface area contributed by atoms with Gasteiger partial charge in [0.05, 0.1) is 12.1 Å². The summed E-state index contributed by atoms with van der Waals surface area (Å²) >= 11 is 0. The van der Waals surface area contributed by atoms with Crippen molar-refractivity contribution in [3.8, 4) is 0 Å². The number of fused-ring (bicyclic) bond motifs is 2. The van der Waals surface area contributed by atoms with E-state index >= 15 is 0 Å². The second kappa shape index (κ2) is 12.2. The topological polar surface area (TPSA) is 158 Å². The molecule has 4 aliphatic rings. The number of nitrogens with one attached hydrogen (secondary N) is 2. The Morgan fingerprint density at radius 2 is 1.21 bits per heavy atom. The molecular weight excluding hydrogens is 556 g/mol. The van der Waals surface area contributed by atoms with Crippen LogP contribution in [0.15, 0.2) is 0 Å². The summed E-state index contributed by atoms with van der Waals surface area (Å²) in [6.45, 7) is 13.7. The summed E-state index contributed by atoms with van der Waals surface area (Å²) in [6.07, 6.45) is -6.41. The number of carbonyl (C=O) groups is 3. The summed E-state index contributed by atoms with van der Waals surface area (Å²) in [5.74, 6) is -2.39. The largest absolute Gasteiger partial charge is 0.444 e. The van der Waals surface area contributed by atoms with Gasteiger partial charge >= 0.3 is 6.09 Å². The molecule has 0 aromatic heterocycles. The number of carbonyl (C=O) groups excluding carboxylic acids is 3. The molecule has 2 N–H and O–H groups in total. The normalized spacial score (nSPS) is 36.1. The van der Waals surface area contributed by atoms with E-state index in [1.54, 1.807) is 48.5 Å². The lowest BCUT2D eigenvalue weighted by atomic mass is 9.97. The zero-order valence-corrected chi connectivity index (χ0v) is 26.1. The molecule has 0 aromatic carbocycles. The summed E-state index contributed by atoms with van der Waals surface area (Å²) in [6, 6.07) is -1.67. The highest BCUT2D eigenvalue weighted by Crippen LogP contribution is 2.41. The lowest BCUT2D eigenvalue weighted by Crippen LogP contribution is -2.55. The highest BCUT2D eigenvalue weighted by Gasteiger charge is 2.59. The minimum atomic E-state index is -0.904. The van der Waals surface area contributed by atoms with Crippen LogP contribution in [0.25, 0.3) is 0 Å². The fraction of sp³-hybridized carbons (Fsp3) is 0.893. The Labute approximate surface area is 246 Å². The summed E-state index contributed by atoms with van der Waals surface area (Å²) in [7, 11) is 3.01. The van der Waals surface area contributed by atoms with Gasteiger partial charge in [0, 0.05) is 27.1 Å². The van der Waals surface area contributed by atoms with E-state index in [2.05, 4.69) is 10.6 Å². The Kier molecular flexibility index (Phi) is 9.61. The molecule has 4 fully saturated rings. The van der Waals surface area contributed by atoms with E-state index in [1.807, 2.05) is 0 Å². The van der Waals surface area contributed by atoms with Gasteiger partial charge in [-0.2, -0.15) is 0 Å². The minimum Gasteiger partial charge on any atom is -0.444 e. The average Bonchev–Trinajstić information content (AvgIpc) is 3.50. The summed E-state index contributed by atoms with van der Waals surface area (Å²) < 4.78 is 52.8. The van der Waals surface area contributed by atoms with E-state index in [-0.39, 0.29) is 18.6 Å². The number of ketones is 1. The van der Waals surface area contributed by atoms with E-state index in [1.165, 1.54) is 21.1 Å². The number of hydrogen-bond acceptors (Lipinski definition) is 12. The Morgan fingerprint density at radius 3 is 1.62 bits per heavy atom.